The van der Waals surface area contributed by atoms with Crippen molar-refractivity contribution in [2.24, 2.45) is 0 Å². The summed E-state index contributed by atoms with van der Waals surface area (Å²) in [5.74, 6) is 2.20. The van der Waals surface area contributed by atoms with Gasteiger partial charge in [0.05, 0.1) is 11.9 Å². The van der Waals surface area contributed by atoms with Crippen molar-refractivity contribution in [3.8, 4) is 5.82 Å². The number of rotatable bonds is 3. The number of aromatic amines is 1. The molecule has 0 aliphatic rings. The monoisotopic (exact) mass is 247 g/mol. The van der Waals surface area contributed by atoms with Crippen molar-refractivity contribution in [1.82, 2.24) is 24.8 Å². The lowest BCUT2D eigenvalue weighted by Crippen LogP contribution is -2.26. The van der Waals surface area contributed by atoms with Crippen LogP contribution in [0.2, 0.25) is 0 Å². The van der Waals surface area contributed by atoms with Gasteiger partial charge in [0, 0.05) is 6.54 Å². The molecule has 2 aromatic rings. The summed E-state index contributed by atoms with van der Waals surface area (Å²) in [4.78, 5) is 23.7. The van der Waals surface area contributed by atoms with E-state index in [2.05, 4.69) is 20.3 Å². The number of hydrogen-bond donors (Lipinski definition) is 2. The summed E-state index contributed by atoms with van der Waals surface area (Å²) in [5, 5.41) is 2.80. The van der Waals surface area contributed by atoms with Gasteiger partial charge >= 0.3 is 0 Å². The van der Waals surface area contributed by atoms with Gasteiger partial charge in [0.1, 0.15) is 23.2 Å². The van der Waals surface area contributed by atoms with Crippen LogP contribution in [0.5, 0.6) is 0 Å². The van der Waals surface area contributed by atoms with Crippen LogP contribution < -0.4 is 5.32 Å². The maximum Gasteiger partial charge on any atom is 0.270 e. The molecule has 2 aromatic heterocycles. The van der Waals surface area contributed by atoms with E-state index in [0.717, 1.165) is 17.5 Å². The largest absolute Gasteiger partial charge is 0.351 e. The summed E-state index contributed by atoms with van der Waals surface area (Å²) >= 11 is 0. The number of carbonyl (C=O) groups excluding carboxylic acids is 1. The average Bonchev–Trinajstić information content (AvgIpc) is 2.82. The van der Waals surface area contributed by atoms with E-state index < -0.39 is 0 Å². The number of carbonyl (C=O) groups is 1. The molecule has 1 amide bonds. The molecule has 18 heavy (non-hydrogen) atoms. The molecular formula is C12H17N5O. The van der Waals surface area contributed by atoms with Gasteiger partial charge in [-0.05, 0) is 27.7 Å². The Balaban J connectivity index is 2.56. The Morgan fingerprint density at radius 1 is 1.44 bits per heavy atom. The Morgan fingerprint density at radius 3 is 2.72 bits per heavy atom. The van der Waals surface area contributed by atoms with Crippen molar-refractivity contribution >= 4 is 5.91 Å². The highest BCUT2D eigenvalue weighted by molar-refractivity contribution is 5.94. The van der Waals surface area contributed by atoms with Gasteiger partial charge < -0.3 is 10.3 Å². The van der Waals surface area contributed by atoms with E-state index in [0.29, 0.717) is 17.9 Å². The van der Waals surface area contributed by atoms with Crippen LogP contribution in [0.25, 0.3) is 5.82 Å². The van der Waals surface area contributed by atoms with Crippen molar-refractivity contribution in [2.45, 2.75) is 27.7 Å². The molecule has 0 aromatic carbocycles. The van der Waals surface area contributed by atoms with Crippen molar-refractivity contribution in [2.75, 3.05) is 6.54 Å². The van der Waals surface area contributed by atoms with E-state index in [4.69, 9.17) is 0 Å². The molecular weight excluding hydrogens is 230 g/mol. The van der Waals surface area contributed by atoms with Gasteiger partial charge in [-0.25, -0.2) is 9.97 Å². The summed E-state index contributed by atoms with van der Waals surface area (Å²) in [7, 11) is 0. The Kier molecular flexibility index (Phi) is 3.18. The molecule has 0 atom stereocenters. The first-order chi connectivity index (χ1) is 8.54. The Labute approximate surface area is 105 Å². The SMILES string of the molecule is CCNC(=O)c1c(C)nc(C)n1-c1cnc(C)[nH]1. The molecule has 96 valence electrons. The van der Waals surface area contributed by atoms with E-state index >= 15 is 0 Å². The fraction of sp³-hybridized carbons (Fsp3) is 0.417. The van der Waals surface area contributed by atoms with E-state index in [-0.39, 0.29) is 5.91 Å². The first kappa shape index (κ1) is 12.3. The zero-order chi connectivity index (χ0) is 13.3. The molecule has 2 rings (SSSR count). The first-order valence-electron chi connectivity index (χ1n) is 5.90. The second kappa shape index (κ2) is 4.64. The number of amides is 1. The number of imidazole rings is 2. The van der Waals surface area contributed by atoms with Crippen molar-refractivity contribution in [1.29, 1.82) is 0 Å². The fourth-order valence-electron chi connectivity index (χ4n) is 2.00. The number of nitrogens with zero attached hydrogens (tertiary/aromatic N) is 3. The third-order valence-electron chi connectivity index (χ3n) is 2.70. The van der Waals surface area contributed by atoms with Crippen LogP contribution in [0, 0.1) is 20.8 Å². The van der Waals surface area contributed by atoms with Gasteiger partial charge in [0.25, 0.3) is 5.91 Å². The summed E-state index contributed by atoms with van der Waals surface area (Å²) < 4.78 is 1.79. The average molecular weight is 247 g/mol. The molecule has 0 unspecified atom stereocenters. The zero-order valence-electron chi connectivity index (χ0n) is 11.0. The predicted octanol–water partition coefficient (Wildman–Crippen LogP) is 1.27. The fourth-order valence-corrected chi connectivity index (χ4v) is 2.00. The van der Waals surface area contributed by atoms with E-state index in [9.17, 15) is 4.79 Å². The smallest absolute Gasteiger partial charge is 0.270 e. The molecule has 6 nitrogen and oxygen atoms in total. The molecule has 0 aliphatic carbocycles. The molecule has 0 saturated carbocycles. The van der Waals surface area contributed by atoms with Crippen molar-refractivity contribution < 1.29 is 4.79 Å². The van der Waals surface area contributed by atoms with Crippen LogP contribution in [0.1, 0.15) is 34.8 Å². The van der Waals surface area contributed by atoms with Crippen molar-refractivity contribution in [3.63, 3.8) is 0 Å². The van der Waals surface area contributed by atoms with Gasteiger partial charge in [-0.2, -0.15) is 0 Å². The van der Waals surface area contributed by atoms with Gasteiger partial charge in [-0.15, -0.1) is 0 Å². The van der Waals surface area contributed by atoms with Crippen LogP contribution in [0.4, 0.5) is 0 Å². The van der Waals surface area contributed by atoms with Gasteiger partial charge in [-0.1, -0.05) is 0 Å². The maximum atomic E-state index is 12.1. The van der Waals surface area contributed by atoms with Crippen molar-refractivity contribution in [3.05, 3.63) is 29.2 Å². The summed E-state index contributed by atoms with van der Waals surface area (Å²) in [5.41, 5.74) is 1.27. The van der Waals surface area contributed by atoms with E-state index in [1.807, 2.05) is 27.7 Å². The standard InChI is InChI=1S/C12H17N5O/c1-5-13-12(18)11-7(2)15-9(4)17(11)10-6-14-8(3)16-10/h6H,5H2,1-4H3,(H,13,18)(H,14,16). The minimum atomic E-state index is -0.122. The molecule has 0 bridgehead atoms. The molecule has 0 fully saturated rings. The molecule has 0 spiro atoms. The normalized spacial score (nSPS) is 10.7. The number of nitrogens with one attached hydrogen (secondary N) is 2. The number of hydrogen-bond acceptors (Lipinski definition) is 3. The zero-order valence-corrected chi connectivity index (χ0v) is 11.0. The quantitative estimate of drug-likeness (QED) is 0.857. The lowest BCUT2D eigenvalue weighted by molar-refractivity contribution is 0.0948. The van der Waals surface area contributed by atoms with Crippen LogP contribution >= 0.6 is 0 Å². The number of aromatic nitrogens is 4. The van der Waals surface area contributed by atoms with Gasteiger partial charge in [-0.3, -0.25) is 9.36 Å². The highest BCUT2D eigenvalue weighted by Gasteiger charge is 2.20. The third-order valence-corrected chi connectivity index (χ3v) is 2.70. The highest BCUT2D eigenvalue weighted by Crippen LogP contribution is 2.16. The first-order valence-corrected chi connectivity index (χ1v) is 5.90. The molecule has 0 saturated heterocycles. The molecule has 2 N–H and O–H groups in total. The van der Waals surface area contributed by atoms with Crippen LogP contribution in [0.15, 0.2) is 6.20 Å². The molecule has 0 aliphatic heterocycles. The Morgan fingerprint density at radius 2 is 2.17 bits per heavy atom. The van der Waals surface area contributed by atoms with E-state index in [1.54, 1.807) is 10.8 Å². The third kappa shape index (κ3) is 2.01. The minimum Gasteiger partial charge on any atom is -0.351 e. The highest BCUT2D eigenvalue weighted by atomic mass is 16.2. The van der Waals surface area contributed by atoms with Crippen LogP contribution in [0.3, 0.4) is 0 Å². The van der Waals surface area contributed by atoms with E-state index in [1.165, 1.54) is 0 Å². The lowest BCUT2D eigenvalue weighted by Gasteiger charge is -2.08. The Hall–Kier alpha value is -2.11. The number of H-pyrrole nitrogens is 1. The van der Waals surface area contributed by atoms with Crippen LogP contribution in [-0.4, -0.2) is 32.0 Å². The predicted molar refractivity (Wildman–Crippen MR) is 67.9 cm³/mol. The minimum absolute atomic E-state index is 0.122. The maximum absolute atomic E-state index is 12.1. The van der Waals surface area contributed by atoms with Gasteiger partial charge in [0.15, 0.2) is 0 Å². The lowest BCUT2D eigenvalue weighted by atomic mass is 10.3. The Bertz CT molecular complexity index is 581. The second-order valence-electron chi connectivity index (χ2n) is 4.14. The topological polar surface area (TPSA) is 75.6 Å². The van der Waals surface area contributed by atoms with Gasteiger partial charge in [0.2, 0.25) is 0 Å². The second-order valence-corrected chi connectivity index (χ2v) is 4.14. The molecule has 0 radical (unpaired) electrons. The summed E-state index contributed by atoms with van der Waals surface area (Å²) in [6.07, 6.45) is 1.70. The summed E-state index contributed by atoms with van der Waals surface area (Å²) in [6.45, 7) is 8.04. The summed E-state index contributed by atoms with van der Waals surface area (Å²) in [6, 6.07) is 0. The van der Waals surface area contributed by atoms with Crippen LogP contribution in [-0.2, 0) is 0 Å². The molecule has 2 heterocycles. The number of aryl methyl sites for hydroxylation is 3. The molecule has 6 heteroatoms.